The Morgan fingerprint density at radius 2 is 2.22 bits per heavy atom. The van der Waals surface area contributed by atoms with Gasteiger partial charge in [-0.25, -0.2) is 0 Å². The third-order valence-electron chi connectivity index (χ3n) is 2.80. The zero-order valence-corrected chi connectivity index (χ0v) is 5.38. The van der Waals surface area contributed by atoms with Crippen molar-refractivity contribution in [3.63, 3.8) is 0 Å². The smallest absolute Gasteiger partial charge is 0.0908 e. The van der Waals surface area contributed by atoms with Crippen molar-refractivity contribution in [2.24, 2.45) is 5.92 Å². The van der Waals surface area contributed by atoms with Crippen LogP contribution in [0.15, 0.2) is 0 Å². The zero-order chi connectivity index (χ0) is 6.48. The van der Waals surface area contributed by atoms with Crippen LogP contribution in [0, 0.1) is 5.92 Å². The molecule has 2 bridgehead atoms. The molecule has 3 atom stereocenters. The van der Waals surface area contributed by atoms with Gasteiger partial charge in [0.2, 0.25) is 0 Å². The Labute approximate surface area is 54.5 Å². The monoisotopic (exact) mass is 128 g/mol. The van der Waals surface area contributed by atoms with Crippen molar-refractivity contribution in [3.05, 3.63) is 0 Å². The van der Waals surface area contributed by atoms with Gasteiger partial charge < -0.3 is 10.2 Å². The van der Waals surface area contributed by atoms with Gasteiger partial charge in [-0.1, -0.05) is 0 Å². The maximum Gasteiger partial charge on any atom is 0.0908 e. The van der Waals surface area contributed by atoms with Crippen LogP contribution in [0.5, 0.6) is 0 Å². The SMILES string of the molecule is OC1CC2CCC1(O)C2. The third-order valence-corrected chi connectivity index (χ3v) is 2.80. The van der Waals surface area contributed by atoms with E-state index in [2.05, 4.69) is 0 Å². The molecular weight excluding hydrogens is 116 g/mol. The Morgan fingerprint density at radius 1 is 1.44 bits per heavy atom. The van der Waals surface area contributed by atoms with Gasteiger partial charge in [0.1, 0.15) is 0 Å². The van der Waals surface area contributed by atoms with Crippen molar-refractivity contribution in [2.75, 3.05) is 0 Å². The lowest BCUT2D eigenvalue weighted by Gasteiger charge is -2.24. The maximum atomic E-state index is 9.56. The van der Waals surface area contributed by atoms with Crippen LogP contribution < -0.4 is 0 Å². The van der Waals surface area contributed by atoms with E-state index in [-0.39, 0.29) is 0 Å². The molecule has 0 amide bonds. The molecule has 2 saturated carbocycles. The van der Waals surface area contributed by atoms with Crippen LogP contribution >= 0.6 is 0 Å². The van der Waals surface area contributed by atoms with E-state index in [0.29, 0.717) is 5.92 Å². The van der Waals surface area contributed by atoms with Crippen molar-refractivity contribution in [1.29, 1.82) is 0 Å². The minimum Gasteiger partial charge on any atom is -0.390 e. The van der Waals surface area contributed by atoms with Crippen LogP contribution in [0.1, 0.15) is 25.7 Å². The van der Waals surface area contributed by atoms with E-state index in [9.17, 15) is 10.2 Å². The Morgan fingerprint density at radius 3 is 2.44 bits per heavy atom. The lowest BCUT2D eigenvalue weighted by atomic mass is 9.94. The number of hydrogen-bond acceptors (Lipinski definition) is 2. The van der Waals surface area contributed by atoms with Crippen molar-refractivity contribution >= 4 is 0 Å². The minimum absolute atomic E-state index is 0.420. The van der Waals surface area contributed by atoms with Gasteiger partial charge in [0, 0.05) is 0 Å². The maximum absolute atomic E-state index is 9.56. The molecule has 3 unspecified atom stereocenters. The summed E-state index contributed by atoms with van der Waals surface area (Å²) in [6, 6.07) is 0. The van der Waals surface area contributed by atoms with Crippen molar-refractivity contribution in [1.82, 2.24) is 0 Å². The molecule has 0 aromatic rings. The summed E-state index contributed by atoms with van der Waals surface area (Å²) in [7, 11) is 0. The van der Waals surface area contributed by atoms with Crippen LogP contribution in [-0.2, 0) is 0 Å². The number of fused-ring (bicyclic) bond motifs is 2. The van der Waals surface area contributed by atoms with E-state index >= 15 is 0 Å². The number of aliphatic hydroxyl groups excluding tert-OH is 1. The summed E-state index contributed by atoms with van der Waals surface area (Å²) in [5.41, 5.74) is -0.676. The van der Waals surface area contributed by atoms with Gasteiger partial charge in [0.25, 0.3) is 0 Å². The van der Waals surface area contributed by atoms with E-state index in [4.69, 9.17) is 0 Å². The van der Waals surface area contributed by atoms with E-state index in [1.54, 1.807) is 0 Å². The third kappa shape index (κ3) is 0.634. The van der Waals surface area contributed by atoms with Crippen LogP contribution in [0.2, 0.25) is 0 Å². The second-order valence-corrected chi connectivity index (χ2v) is 3.46. The largest absolute Gasteiger partial charge is 0.390 e. The van der Waals surface area contributed by atoms with Crippen LogP contribution in [0.4, 0.5) is 0 Å². The summed E-state index contributed by atoms with van der Waals surface area (Å²) < 4.78 is 0. The molecule has 0 aromatic carbocycles. The number of hydrogen-bond donors (Lipinski definition) is 2. The van der Waals surface area contributed by atoms with E-state index < -0.39 is 11.7 Å². The summed E-state index contributed by atoms with van der Waals surface area (Å²) in [6.45, 7) is 0. The van der Waals surface area contributed by atoms with E-state index in [1.165, 1.54) is 0 Å². The average Bonchev–Trinajstić information content (AvgIpc) is 2.22. The first kappa shape index (κ1) is 5.69. The van der Waals surface area contributed by atoms with Crippen molar-refractivity contribution in [3.8, 4) is 0 Å². The summed E-state index contributed by atoms with van der Waals surface area (Å²) in [5, 5.41) is 18.8. The second kappa shape index (κ2) is 1.50. The average molecular weight is 128 g/mol. The zero-order valence-electron chi connectivity index (χ0n) is 5.38. The standard InChI is InChI=1S/C7H12O2/c8-6-3-5-1-2-7(6,9)4-5/h5-6,8-9H,1-4H2. The molecule has 0 aliphatic heterocycles. The van der Waals surface area contributed by atoms with Gasteiger partial charge in [-0.2, -0.15) is 0 Å². The fraction of sp³-hybridized carbons (Fsp3) is 1.00. The highest BCUT2D eigenvalue weighted by Gasteiger charge is 2.50. The van der Waals surface area contributed by atoms with Gasteiger partial charge in [-0.15, -0.1) is 0 Å². The van der Waals surface area contributed by atoms with Gasteiger partial charge in [0.05, 0.1) is 11.7 Å². The molecule has 2 nitrogen and oxygen atoms in total. The summed E-state index contributed by atoms with van der Waals surface area (Å²) in [5.74, 6) is 0.616. The van der Waals surface area contributed by atoms with Gasteiger partial charge in [0.15, 0.2) is 0 Å². The predicted molar refractivity (Wildman–Crippen MR) is 32.9 cm³/mol. The van der Waals surface area contributed by atoms with Gasteiger partial charge in [-0.3, -0.25) is 0 Å². The molecule has 52 valence electrons. The molecule has 2 aliphatic rings. The highest BCUT2D eigenvalue weighted by Crippen LogP contribution is 2.47. The molecule has 2 fully saturated rings. The summed E-state index contributed by atoms with van der Waals surface area (Å²) in [4.78, 5) is 0. The molecule has 2 heteroatoms. The molecule has 0 heterocycles. The van der Waals surface area contributed by atoms with E-state index in [1.807, 2.05) is 0 Å². The first-order valence-electron chi connectivity index (χ1n) is 3.61. The molecule has 0 saturated heterocycles. The Hall–Kier alpha value is -0.0800. The molecule has 0 aromatic heterocycles. The predicted octanol–water partition coefficient (Wildman–Crippen LogP) is 0.282. The molecule has 9 heavy (non-hydrogen) atoms. The highest BCUT2D eigenvalue weighted by molar-refractivity contribution is 5.02. The topological polar surface area (TPSA) is 40.5 Å². The van der Waals surface area contributed by atoms with Gasteiger partial charge >= 0.3 is 0 Å². The molecule has 2 N–H and O–H groups in total. The van der Waals surface area contributed by atoms with Gasteiger partial charge in [-0.05, 0) is 31.6 Å². The van der Waals surface area contributed by atoms with Crippen LogP contribution in [0.25, 0.3) is 0 Å². The van der Waals surface area contributed by atoms with Crippen molar-refractivity contribution < 1.29 is 10.2 Å². The quantitative estimate of drug-likeness (QED) is 0.492. The molecule has 2 rings (SSSR count). The molecule has 2 aliphatic carbocycles. The van der Waals surface area contributed by atoms with Crippen LogP contribution in [0.3, 0.4) is 0 Å². The number of aliphatic hydroxyl groups is 2. The Kier molecular flexibility index (Phi) is 0.945. The van der Waals surface area contributed by atoms with Crippen molar-refractivity contribution in [2.45, 2.75) is 37.4 Å². The Bertz CT molecular complexity index is 135. The lowest BCUT2D eigenvalue weighted by molar-refractivity contribution is -0.0561. The van der Waals surface area contributed by atoms with Crippen LogP contribution in [-0.4, -0.2) is 21.9 Å². The highest BCUT2D eigenvalue weighted by atomic mass is 16.3. The summed E-state index contributed by atoms with van der Waals surface area (Å²) in [6.07, 6.45) is 3.19. The molecule has 0 radical (unpaired) electrons. The van der Waals surface area contributed by atoms with E-state index in [0.717, 1.165) is 25.7 Å². The molecular formula is C7H12O2. The molecule has 0 spiro atoms. The Balaban J connectivity index is 2.22. The fourth-order valence-corrected chi connectivity index (χ4v) is 2.20. The fourth-order valence-electron chi connectivity index (χ4n) is 2.20. The first-order valence-corrected chi connectivity index (χ1v) is 3.61. The lowest BCUT2D eigenvalue weighted by Crippen LogP contribution is -2.36. The number of rotatable bonds is 0. The normalized spacial score (nSPS) is 56.7. The minimum atomic E-state index is -0.676. The summed E-state index contributed by atoms with van der Waals surface area (Å²) >= 11 is 0. The second-order valence-electron chi connectivity index (χ2n) is 3.46. The first-order chi connectivity index (χ1) is 4.21.